The topological polar surface area (TPSA) is 97.8 Å². The molecule has 0 spiro atoms. The zero-order valence-corrected chi connectivity index (χ0v) is 30.1. The molecule has 6 aromatic rings. The van der Waals surface area contributed by atoms with Crippen molar-refractivity contribution in [3.05, 3.63) is 108 Å². The Bertz CT molecular complexity index is 2040. The first kappa shape index (κ1) is 33.7. The lowest BCUT2D eigenvalue weighted by Gasteiger charge is -2.38. The second-order valence-corrected chi connectivity index (χ2v) is 13.6. The Morgan fingerprint density at radius 3 is 1.79 bits per heavy atom. The van der Waals surface area contributed by atoms with Gasteiger partial charge in [0.25, 0.3) is 0 Å². The number of fused-ring (bicyclic) bond motifs is 2. The second-order valence-electron chi connectivity index (χ2n) is 13.1. The zero-order chi connectivity index (χ0) is 35.3. The maximum Gasteiger partial charge on any atom is 0.232 e. The summed E-state index contributed by atoms with van der Waals surface area (Å²) < 4.78 is 5.55. The number of methoxy groups -OCH3 is 1. The van der Waals surface area contributed by atoms with E-state index in [0.717, 1.165) is 97.4 Å². The summed E-state index contributed by atoms with van der Waals surface area (Å²) in [4.78, 5) is 29.2. The summed E-state index contributed by atoms with van der Waals surface area (Å²) in [7, 11) is 1.69. The van der Waals surface area contributed by atoms with E-state index in [9.17, 15) is 0 Å². The predicted octanol–water partition coefficient (Wildman–Crippen LogP) is 6.09. The van der Waals surface area contributed by atoms with Crippen molar-refractivity contribution < 1.29 is 4.74 Å². The summed E-state index contributed by atoms with van der Waals surface area (Å²) >= 11 is 6.35. The molecule has 0 amide bonds. The first-order valence-electron chi connectivity index (χ1n) is 18.0. The Kier molecular flexibility index (Phi) is 10.0. The lowest BCUT2D eigenvalue weighted by atomic mass is 10.0. The molecule has 2 saturated heterocycles. The highest BCUT2D eigenvalue weighted by atomic mass is 35.5. The van der Waals surface area contributed by atoms with E-state index in [1.54, 1.807) is 7.11 Å². The quantitative estimate of drug-likeness (QED) is 0.121. The number of pyridine rings is 1. The van der Waals surface area contributed by atoms with Crippen LogP contribution in [0.3, 0.4) is 0 Å². The molecule has 8 rings (SSSR count). The van der Waals surface area contributed by atoms with Crippen molar-refractivity contribution in [2.75, 3.05) is 97.5 Å². The smallest absolute Gasteiger partial charge is 0.232 e. The highest BCUT2D eigenvalue weighted by Gasteiger charge is 2.24. The molecule has 52 heavy (non-hydrogen) atoms. The fraction of sp³-hybridized carbons (Fsp3) is 0.300. The number of rotatable bonds is 11. The molecular formula is C40H43ClN10O. The van der Waals surface area contributed by atoms with Crippen molar-refractivity contribution in [1.29, 1.82) is 0 Å². The van der Waals surface area contributed by atoms with Crippen molar-refractivity contribution in [3.8, 4) is 5.75 Å². The van der Waals surface area contributed by atoms with Crippen molar-refractivity contribution in [2.45, 2.75) is 6.54 Å². The van der Waals surface area contributed by atoms with Gasteiger partial charge < -0.3 is 35.0 Å². The van der Waals surface area contributed by atoms with Crippen LogP contribution in [0, 0.1) is 0 Å². The van der Waals surface area contributed by atoms with Crippen LogP contribution in [0.5, 0.6) is 5.75 Å². The number of aromatic nitrogens is 4. The first-order chi connectivity index (χ1) is 25.6. The van der Waals surface area contributed by atoms with Crippen LogP contribution in [-0.4, -0.2) is 92.5 Å². The molecule has 2 aliphatic heterocycles. The van der Waals surface area contributed by atoms with Gasteiger partial charge in [0, 0.05) is 99.2 Å². The van der Waals surface area contributed by atoms with Gasteiger partial charge in [-0.25, -0.2) is 4.98 Å². The van der Waals surface area contributed by atoms with E-state index < -0.39 is 0 Å². The van der Waals surface area contributed by atoms with Gasteiger partial charge in [-0.3, -0.25) is 0 Å². The Morgan fingerprint density at radius 2 is 1.19 bits per heavy atom. The van der Waals surface area contributed by atoms with Gasteiger partial charge in [0.2, 0.25) is 17.8 Å². The van der Waals surface area contributed by atoms with Crippen molar-refractivity contribution in [2.24, 2.45) is 0 Å². The molecule has 266 valence electrons. The summed E-state index contributed by atoms with van der Waals surface area (Å²) in [5, 5.41) is 9.94. The summed E-state index contributed by atoms with van der Waals surface area (Å²) in [6, 6.07) is 33.1. The van der Waals surface area contributed by atoms with Crippen molar-refractivity contribution >= 4 is 62.6 Å². The van der Waals surface area contributed by atoms with Crippen LogP contribution in [0.15, 0.2) is 97.1 Å². The van der Waals surface area contributed by atoms with Crippen LogP contribution in [0.25, 0.3) is 21.8 Å². The Balaban J connectivity index is 0.970. The van der Waals surface area contributed by atoms with Crippen molar-refractivity contribution in [1.82, 2.24) is 25.3 Å². The molecule has 0 unspecified atom stereocenters. The van der Waals surface area contributed by atoms with Crippen LogP contribution < -0.4 is 35.0 Å². The van der Waals surface area contributed by atoms with Gasteiger partial charge in [-0.15, -0.1) is 0 Å². The average molecular weight is 715 g/mol. The van der Waals surface area contributed by atoms with Crippen molar-refractivity contribution in [3.63, 3.8) is 0 Å². The molecule has 0 bridgehead atoms. The third kappa shape index (κ3) is 7.46. The predicted molar refractivity (Wildman–Crippen MR) is 213 cm³/mol. The lowest BCUT2D eigenvalue weighted by molar-refractivity contribution is 0.415. The number of hydrogen-bond acceptors (Lipinski definition) is 11. The molecule has 4 heterocycles. The molecule has 2 aromatic heterocycles. The number of piperazine rings is 2. The van der Waals surface area contributed by atoms with Crippen LogP contribution in [0.2, 0.25) is 5.02 Å². The number of ether oxygens (including phenoxy) is 1. The maximum atomic E-state index is 6.35. The van der Waals surface area contributed by atoms with Crippen LogP contribution in [0.4, 0.5) is 29.2 Å². The highest BCUT2D eigenvalue weighted by Crippen LogP contribution is 2.30. The molecule has 0 aliphatic carbocycles. The number of para-hydroxylation sites is 2. The van der Waals surface area contributed by atoms with E-state index in [1.807, 2.05) is 30.3 Å². The van der Waals surface area contributed by atoms with E-state index in [0.29, 0.717) is 30.6 Å². The summed E-state index contributed by atoms with van der Waals surface area (Å²) in [5.41, 5.74) is 5.44. The summed E-state index contributed by atoms with van der Waals surface area (Å²) in [6.45, 7) is 8.97. The number of anilines is 5. The minimum absolute atomic E-state index is 0.594. The third-order valence-corrected chi connectivity index (χ3v) is 10.2. The van der Waals surface area contributed by atoms with Gasteiger partial charge in [0.1, 0.15) is 5.75 Å². The largest absolute Gasteiger partial charge is 0.497 e. The summed E-state index contributed by atoms with van der Waals surface area (Å²) in [6.07, 6.45) is 0. The van der Waals surface area contributed by atoms with E-state index in [1.165, 1.54) is 11.4 Å². The number of nitrogens with zero attached hydrogens (tertiary/aromatic N) is 8. The van der Waals surface area contributed by atoms with Crippen LogP contribution in [0.1, 0.15) is 5.56 Å². The number of nitrogens with one attached hydrogen (secondary N) is 2. The van der Waals surface area contributed by atoms with Gasteiger partial charge >= 0.3 is 0 Å². The SMILES string of the molecule is COc1ccc2nc3cc(Cl)ccc3c(CNCCNc3nc(N4CCN(c5ccccc5)CC4)nc(N4CCN(c5ccccc5)CC4)n3)c2c1. The monoisotopic (exact) mass is 714 g/mol. The van der Waals surface area contributed by atoms with Gasteiger partial charge in [0.15, 0.2) is 0 Å². The lowest BCUT2D eigenvalue weighted by Crippen LogP contribution is -2.48. The molecule has 11 nitrogen and oxygen atoms in total. The average Bonchev–Trinajstić information content (AvgIpc) is 3.21. The van der Waals surface area contributed by atoms with E-state index in [-0.39, 0.29) is 0 Å². The molecule has 0 saturated carbocycles. The Labute approximate surface area is 309 Å². The van der Waals surface area contributed by atoms with Gasteiger partial charge in [0.05, 0.1) is 18.1 Å². The molecule has 12 heteroatoms. The standard InChI is InChI=1S/C40H43ClN10O/c1-52-32-13-15-36-34(27-32)35(33-14-12-29(41)26-37(33)44-36)28-42-16-17-43-38-45-39(50-22-18-48(19-23-50)30-8-4-2-5-9-30)47-40(46-38)51-24-20-49(21-25-51)31-10-6-3-7-11-31/h2-15,26-27,42H,16-25,28H2,1H3,(H,43,45,46,47). The fourth-order valence-corrected chi connectivity index (χ4v) is 7.26. The molecule has 0 atom stereocenters. The number of halogens is 1. The summed E-state index contributed by atoms with van der Waals surface area (Å²) in [5.74, 6) is 2.84. The molecular weight excluding hydrogens is 672 g/mol. The van der Waals surface area contributed by atoms with E-state index in [4.69, 9.17) is 36.3 Å². The minimum Gasteiger partial charge on any atom is -0.497 e. The van der Waals surface area contributed by atoms with Crippen LogP contribution in [-0.2, 0) is 6.54 Å². The molecule has 2 aliphatic rings. The zero-order valence-electron chi connectivity index (χ0n) is 29.4. The Morgan fingerprint density at radius 1 is 0.596 bits per heavy atom. The number of benzene rings is 4. The van der Waals surface area contributed by atoms with Gasteiger partial charge in [-0.1, -0.05) is 54.1 Å². The van der Waals surface area contributed by atoms with Gasteiger partial charge in [-0.05, 0) is 60.2 Å². The molecule has 0 radical (unpaired) electrons. The number of hydrogen-bond donors (Lipinski definition) is 2. The highest BCUT2D eigenvalue weighted by molar-refractivity contribution is 6.31. The van der Waals surface area contributed by atoms with Crippen LogP contribution >= 0.6 is 11.6 Å². The minimum atomic E-state index is 0.594. The van der Waals surface area contributed by atoms with E-state index >= 15 is 0 Å². The Hall–Kier alpha value is -5.39. The fourth-order valence-electron chi connectivity index (χ4n) is 7.10. The molecule has 2 N–H and O–H groups in total. The first-order valence-corrected chi connectivity index (χ1v) is 18.4. The van der Waals surface area contributed by atoms with Gasteiger partial charge in [-0.2, -0.15) is 15.0 Å². The normalized spacial score (nSPS) is 15.0. The molecule has 2 fully saturated rings. The molecule has 4 aromatic carbocycles. The maximum absolute atomic E-state index is 6.35. The second kappa shape index (κ2) is 15.5. The van der Waals surface area contributed by atoms with E-state index in [2.05, 4.69) is 97.0 Å². The third-order valence-electron chi connectivity index (χ3n) is 9.92.